The minimum Gasteiger partial charge on any atom is -0.355 e. The minimum atomic E-state index is 0.551. The number of halogens is 1. The molecule has 0 bridgehead atoms. The van der Waals surface area contributed by atoms with Crippen LogP contribution in [0.2, 0.25) is 5.15 Å². The lowest BCUT2D eigenvalue weighted by Crippen LogP contribution is -2.31. The Bertz CT molecular complexity index is 445. The molecule has 1 saturated carbocycles. The van der Waals surface area contributed by atoms with Crippen LogP contribution >= 0.6 is 11.6 Å². The van der Waals surface area contributed by atoms with E-state index in [1.165, 1.54) is 19.3 Å². The van der Waals surface area contributed by atoms with Gasteiger partial charge in [0.05, 0.1) is 0 Å². The lowest BCUT2D eigenvalue weighted by Gasteiger charge is -2.21. The van der Waals surface area contributed by atoms with Crippen LogP contribution in [0.1, 0.15) is 31.0 Å². The molecule has 1 aliphatic heterocycles. The van der Waals surface area contributed by atoms with Crippen LogP contribution in [0.5, 0.6) is 0 Å². The molecular formula is C13H19ClN4. The Labute approximate surface area is 113 Å². The van der Waals surface area contributed by atoms with Gasteiger partial charge < -0.3 is 9.80 Å². The van der Waals surface area contributed by atoms with Gasteiger partial charge in [-0.2, -0.15) is 0 Å². The van der Waals surface area contributed by atoms with Crippen molar-refractivity contribution >= 4 is 17.4 Å². The largest absolute Gasteiger partial charge is 0.355 e. The smallest absolute Gasteiger partial charge is 0.135 e. The fourth-order valence-electron chi connectivity index (χ4n) is 2.48. The van der Waals surface area contributed by atoms with E-state index in [4.69, 9.17) is 11.6 Å². The molecule has 0 amide bonds. The van der Waals surface area contributed by atoms with E-state index < -0.39 is 0 Å². The minimum absolute atomic E-state index is 0.551. The van der Waals surface area contributed by atoms with E-state index in [-0.39, 0.29) is 0 Å². The number of rotatable bonds is 3. The molecule has 0 radical (unpaired) electrons. The topological polar surface area (TPSA) is 32.3 Å². The van der Waals surface area contributed by atoms with Crippen molar-refractivity contribution < 1.29 is 0 Å². The molecule has 2 aliphatic rings. The second-order valence-electron chi connectivity index (χ2n) is 5.53. The Morgan fingerprint density at radius 1 is 1.28 bits per heavy atom. The van der Waals surface area contributed by atoms with Crippen LogP contribution in [-0.4, -0.2) is 48.1 Å². The maximum atomic E-state index is 6.11. The molecule has 18 heavy (non-hydrogen) atoms. The van der Waals surface area contributed by atoms with Crippen LogP contribution in [-0.2, 0) is 0 Å². The maximum absolute atomic E-state index is 6.11. The van der Waals surface area contributed by atoms with Crippen LogP contribution in [0.4, 0.5) is 5.82 Å². The van der Waals surface area contributed by atoms with Crippen LogP contribution in [0.3, 0.4) is 0 Å². The van der Waals surface area contributed by atoms with Crippen molar-refractivity contribution in [3.05, 3.63) is 17.0 Å². The highest BCUT2D eigenvalue weighted by atomic mass is 35.5. The molecule has 4 nitrogen and oxygen atoms in total. The third kappa shape index (κ3) is 2.45. The van der Waals surface area contributed by atoms with Crippen LogP contribution < -0.4 is 4.90 Å². The van der Waals surface area contributed by atoms with Gasteiger partial charge >= 0.3 is 0 Å². The van der Waals surface area contributed by atoms with Gasteiger partial charge in [0.1, 0.15) is 16.8 Å². The van der Waals surface area contributed by atoms with E-state index >= 15 is 0 Å². The molecule has 1 aromatic rings. The maximum Gasteiger partial charge on any atom is 0.135 e. The first-order valence-corrected chi connectivity index (χ1v) is 6.97. The second kappa shape index (κ2) is 4.67. The van der Waals surface area contributed by atoms with E-state index in [9.17, 15) is 0 Å². The third-order valence-corrected chi connectivity index (χ3v) is 4.05. The van der Waals surface area contributed by atoms with E-state index in [0.29, 0.717) is 17.1 Å². The molecule has 2 fully saturated rings. The van der Waals surface area contributed by atoms with Gasteiger partial charge in [-0.1, -0.05) is 11.6 Å². The second-order valence-corrected chi connectivity index (χ2v) is 5.92. The summed E-state index contributed by atoms with van der Waals surface area (Å²) in [5.74, 6) is 2.49. The third-order valence-electron chi connectivity index (χ3n) is 3.86. The average molecular weight is 267 g/mol. The van der Waals surface area contributed by atoms with Gasteiger partial charge in [0.2, 0.25) is 0 Å². The quantitative estimate of drug-likeness (QED) is 0.785. The molecule has 0 N–H and O–H groups in total. The molecule has 3 rings (SSSR count). The van der Waals surface area contributed by atoms with Gasteiger partial charge in [-0.15, -0.1) is 0 Å². The summed E-state index contributed by atoms with van der Waals surface area (Å²) in [6, 6.07) is 2.51. The molecule has 1 aromatic heterocycles. The molecule has 98 valence electrons. The van der Waals surface area contributed by atoms with Gasteiger partial charge in [0.25, 0.3) is 0 Å². The summed E-state index contributed by atoms with van der Waals surface area (Å²) in [7, 11) is 4.27. The van der Waals surface area contributed by atoms with Crippen molar-refractivity contribution in [2.24, 2.45) is 0 Å². The lowest BCUT2D eigenvalue weighted by atomic mass is 10.2. The molecule has 1 unspecified atom stereocenters. The predicted molar refractivity (Wildman–Crippen MR) is 73.3 cm³/mol. The van der Waals surface area contributed by atoms with Gasteiger partial charge in [-0.3, -0.25) is 0 Å². The number of aromatic nitrogens is 2. The number of anilines is 1. The molecule has 1 aliphatic carbocycles. The van der Waals surface area contributed by atoms with Crippen molar-refractivity contribution in [2.45, 2.75) is 31.2 Å². The van der Waals surface area contributed by atoms with Crippen LogP contribution in [0.15, 0.2) is 6.07 Å². The fraction of sp³-hybridized carbons (Fsp3) is 0.692. The van der Waals surface area contributed by atoms with Crippen molar-refractivity contribution in [2.75, 3.05) is 32.1 Å². The van der Waals surface area contributed by atoms with Crippen molar-refractivity contribution in [1.82, 2.24) is 14.9 Å². The molecule has 0 spiro atoms. The summed E-state index contributed by atoms with van der Waals surface area (Å²) in [5.41, 5.74) is 0. The molecule has 1 atom stereocenters. The average Bonchev–Trinajstić information content (AvgIpc) is 3.05. The highest BCUT2D eigenvalue weighted by Crippen LogP contribution is 2.39. The summed E-state index contributed by atoms with van der Waals surface area (Å²) in [4.78, 5) is 13.6. The predicted octanol–water partition coefficient (Wildman–Crippen LogP) is 2.15. The SMILES string of the molecule is CN(C)C1CCN(c2cc(Cl)nc(C3CC3)n2)C1. The van der Waals surface area contributed by atoms with Gasteiger partial charge in [-0.25, -0.2) is 9.97 Å². The van der Waals surface area contributed by atoms with E-state index in [0.717, 1.165) is 24.7 Å². The first-order chi connectivity index (χ1) is 8.63. The Morgan fingerprint density at radius 2 is 2.06 bits per heavy atom. The monoisotopic (exact) mass is 266 g/mol. The highest BCUT2D eigenvalue weighted by Gasteiger charge is 2.29. The molecule has 1 saturated heterocycles. The van der Waals surface area contributed by atoms with Crippen molar-refractivity contribution in [1.29, 1.82) is 0 Å². The Kier molecular flexibility index (Phi) is 3.16. The summed E-state index contributed by atoms with van der Waals surface area (Å²) in [5, 5.41) is 0.579. The molecule has 5 heteroatoms. The van der Waals surface area contributed by atoms with Gasteiger partial charge in [0.15, 0.2) is 0 Å². The lowest BCUT2D eigenvalue weighted by molar-refractivity contribution is 0.315. The summed E-state index contributed by atoms with van der Waals surface area (Å²) < 4.78 is 0. The molecule has 0 aromatic carbocycles. The highest BCUT2D eigenvalue weighted by molar-refractivity contribution is 6.29. The van der Waals surface area contributed by atoms with E-state index in [2.05, 4.69) is 33.9 Å². The Balaban J connectivity index is 1.79. The zero-order chi connectivity index (χ0) is 12.7. The Morgan fingerprint density at radius 3 is 2.67 bits per heavy atom. The zero-order valence-electron chi connectivity index (χ0n) is 10.9. The summed E-state index contributed by atoms with van der Waals surface area (Å²) >= 11 is 6.11. The van der Waals surface area contributed by atoms with Crippen molar-refractivity contribution in [3.63, 3.8) is 0 Å². The van der Waals surface area contributed by atoms with E-state index in [1.54, 1.807) is 0 Å². The van der Waals surface area contributed by atoms with E-state index in [1.807, 2.05) is 6.07 Å². The normalized spacial score (nSPS) is 24.0. The summed E-state index contributed by atoms with van der Waals surface area (Å²) in [6.45, 7) is 2.09. The standard InChI is InChI=1S/C13H19ClN4/c1-17(2)10-5-6-18(8-10)12-7-11(14)15-13(16-12)9-3-4-9/h7,9-10H,3-6,8H2,1-2H3. The number of likely N-dealkylation sites (N-methyl/N-ethyl adjacent to an activating group) is 1. The number of nitrogens with zero attached hydrogens (tertiary/aromatic N) is 4. The number of hydrogen-bond acceptors (Lipinski definition) is 4. The van der Waals surface area contributed by atoms with Crippen LogP contribution in [0, 0.1) is 0 Å². The van der Waals surface area contributed by atoms with Crippen molar-refractivity contribution in [3.8, 4) is 0 Å². The summed E-state index contributed by atoms with van der Waals surface area (Å²) in [6.07, 6.45) is 3.60. The Hall–Kier alpha value is -0.870. The number of hydrogen-bond donors (Lipinski definition) is 0. The van der Waals surface area contributed by atoms with Gasteiger partial charge in [-0.05, 0) is 33.4 Å². The first kappa shape index (κ1) is 12.2. The fourth-order valence-corrected chi connectivity index (χ4v) is 2.66. The first-order valence-electron chi connectivity index (χ1n) is 6.59. The van der Waals surface area contributed by atoms with Crippen LogP contribution in [0.25, 0.3) is 0 Å². The molecule has 2 heterocycles. The van der Waals surface area contributed by atoms with Gasteiger partial charge in [0, 0.05) is 31.1 Å². The zero-order valence-corrected chi connectivity index (χ0v) is 11.7. The molecular weight excluding hydrogens is 248 g/mol.